The van der Waals surface area contributed by atoms with Crippen molar-refractivity contribution in [3.8, 4) is 0 Å². The lowest BCUT2D eigenvalue weighted by molar-refractivity contribution is 0.0736. The Balaban J connectivity index is 1.78. The van der Waals surface area contributed by atoms with Crippen molar-refractivity contribution in [3.05, 3.63) is 47.3 Å². The second-order valence-electron chi connectivity index (χ2n) is 5.16. The van der Waals surface area contributed by atoms with E-state index in [0.717, 1.165) is 24.4 Å². The number of amides is 1. The molecule has 1 amide bonds. The largest absolute Gasteiger partial charge is 0.336 e. The van der Waals surface area contributed by atoms with Gasteiger partial charge in [0.2, 0.25) is 0 Å². The Morgan fingerprint density at radius 1 is 1.17 bits per heavy atom. The van der Waals surface area contributed by atoms with Crippen molar-refractivity contribution >= 4 is 33.0 Å². The van der Waals surface area contributed by atoms with E-state index in [9.17, 15) is 13.2 Å². The topological polar surface area (TPSA) is 78.5 Å². The van der Waals surface area contributed by atoms with E-state index in [-0.39, 0.29) is 10.1 Å². The molecule has 2 aromatic rings. The summed E-state index contributed by atoms with van der Waals surface area (Å²) in [6, 6.07) is 9.83. The number of nitrogens with one attached hydrogen (secondary N) is 2. The predicted molar refractivity (Wildman–Crippen MR) is 90.3 cm³/mol. The number of anilines is 1. The summed E-state index contributed by atoms with van der Waals surface area (Å²) in [5, 5.41) is 4.90. The Bertz CT molecular complexity index is 782. The van der Waals surface area contributed by atoms with Crippen LogP contribution in [0.25, 0.3) is 0 Å². The van der Waals surface area contributed by atoms with Gasteiger partial charge in [-0.15, -0.1) is 11.3 Å². The van der Waals surface area contributed by atoms with Gasteiger partial charge in [-0.2, -0.15) is 0 Å². The van der Waals surface area contributed by atoms with Gasteiger partial charge in [-0.25, -0.2) is 8.42 Å². The van der Waals surface area contributed by atoms with Crippen molar-refractivity contribution in [2.75, 3.05) is 30.9 Å². The zero-order valence-corrected chi connectivity index (χ0v) is 14.0. The number of rotatable bonds is 4. The lowest BCUT2D eigenvalue weighted by Crippen LogP contribution is -2.46. The molecule has 1 aromatic heterocycles. The molecule has 1 aromatic carbocycles. The second-order valence-corrected chi connectivity index (χ2v) is 8.02. The van der Waals surface area contributed by atoms with Crippen molar-refractivity contribution in [1.82, 2.24) is 10.2 Å². The van der Waals surface area contributed by atoms with Crippen LogP contribution < -0.4 is 10.0 Å². The normalized spacial score (nSPS) is 15.4. The fourth-order valence-electron chi connectivity index (χ4n) is 2.39. The number of carbonyl (C=O) groups is 1. The smallest absolute Gasteiger partial charge is 0.271 e. The van der Waals surface area contributed by atoms with Crippen LogP contribution in [-0.2, 0) is 10.0 Å². The standard InChI is InChI=1S/C15H17N3O3S2/c19-15(18-8-6-16-7-9-18)12-3-1-4-13(11-12)17-23(20,21)14-5-2-10-22-14/h1-5,10-11,16-17H,6-9H2. The highest BCUT2D eigenvalue weighted by Gasteiger charge is 2.19. The first-order valence-corrected chi connectivity index (χ1v) is 9.59. The molecule has 0 saturated carbocycles. The van der Waals surface area contributed by atoms with Gasteiger partial charge in [0, 0.05) is 37.4 Å². The Morgan fingerprint density at radius 3 is 2.65 bits per heavy atom. The fourth-order valence-corrected chi connectivity index (χ4v) is 4.43. The quantitative estimate of drug-likeness (QED) is 0.877. The average Bonchev–Trinajstić information content (AvgIpc) is 3.10. The molecule has 8 heteroatoms. The molecule has 0 unspecified atom stereocenters. The zero-order chi connectivity index (χ0) is 16.3. The predicted octanol–water partition coefficient (Wildman–Crippen LogP) is 1.59. The Morgan fingerprint density at radius 2 is 1.96 bits per heavy atom. The third-order valence-electron chi connectivity index (χ3n) is 3.53. The minimum atomic E-state index is -3.60. The SMILES string of the molecule is O=C(c1cccc(NS(=O)(=O)c2cccs2)c1)N1CCNCC1. The van der Waals surface area contributed by atoms with E-state index < -0.39 is 10.0 Å². The van der Waals surface area contributed by atoms with Gasteiger partial charge in [0.05, 0.1) is 0 Å². The summed E-state index contributed by atoms with van der Waals surface area (Å²) in [4.78, 5) is 14.2. The van der Waals surface area contributed by atoms with Gasteiger partial charge in [-0.1, -0.05) is 12.1 Å². The molecule has 2 N–H and O–H groups in total. The molecule has 6 nitrogen and oxygen atoms in total. The number of benzene rings is 1. The van der Waals surface area contributed by atoms with Crippen LogP contribution in [0.1, 0.15) is 10.4 Å². The lowest BCUT2D eigenvalue weighted by Gasteiger charge is -2.27. The van der Waals surface area contributed by atoms with E-state index in [0.29, 0.717) is 24.3 Å². The molecular weight excluding hydrogens is 334 g/mol. The monoisotopic (exact) mass is 351 g/mol. The summed E-state index contributed by atoms with van der Waals surface area (Å²) >= 11 is 1.15. The van der Waals surface area contributed by atoms with E-state index in [1.165, 1.54) is 0 Å². The molecule has 2 heterocycles. The van der Waals surface area contributed by atoms with Crippen LogP contribution >= 0.6 is 11.3 Å². The highest BCUT2D eigenvalue weighted by Crippen LogP contribution is 2.21. The van der Waals surface area contributed by atoms with E-state index >= 15 is 0 Å². The summed E-state index contributed by atoms with van der Waals surface area (Å²) in [6.45, 7) is 2.86. The molecule has 23 heavy (non-hydrogen) atoms. The number of sulfonamides is 1. The number of nitrogens with zero attached hydrogens (tertiary/aromatic N) is 1. The van der Waals surface area contributed by atoms with Gasteiger partial charge in [0.1, 0.15) is 4.21 Å². The van der Waals surface area contributed by atoms with Crippen LogP contribution in [0, 0.1) is 0 Å². The minimum Gasteiger partial charge on any atom is -0.336 e. The maximum atomic E-state index is 12.5. The van der Waals surface area contributed by atoms with Crippen LogP contribution in [0.15, 0.2) is 46.0 Å². The first-order valence-electron chi connectivity index (χ1n) is 7.23. The molecule has 1 fully saturated rings. The van der Waals surface area contributed by atoms with Gasteiger partial charge in [0.15, 0.2) is 0 Å². The number of carbonyl (C=O) groups excluding carboxylic acids is 1. The summed E-state index contributed by atoms with van der Waals surface area (Å²) in [5.74, 6) is -0.0799. The van der Waals surface area contributed by atoms with Crippen LogP contribution in [0.5, 0.6) is 0 Å². The molecule has 1 aliphatic rings. The zero-order valence-electron chi connectivity index (χ0n) is 12.4. The van der Waals surface area contributed by atoms with Gasteiger partial charge < -0.3 is 10.2 Å². The molecule has 0 radical (unpaired) electrons. The van der Waals surface area contributed by atoms with Crippen molar-refractivity contribution < 1.29 is 13.2 Å². The van der Waals surface area contributed by atoms with Crippen molar-refractivity contribution in [2.45, 2.75) is 4.21 Å². The molecular formula is C15H17N3O3S2. The maximum Gasteiger partial charge on any atom is 0.271 e. The van der Waals surface area contributed by atoms with Gasteiger partial charge in [-0.05, 0) is 29.6 Å². The number of hydrogen-bond donors (Lipinski definition) is 2. The highest BCUT2D eigenvalue weighted by atomic mass is 32.2. The van der Waals surface area contributed by atoms with Crippen LogP contribution in [0.4, 0.5) is 5.69 Å². The number of hydrogen-bond acceptors (Lipinski definition) is 5. The molecule has 122 valence electrons. The summed E-state index contributed by atoms with van der Waals surface area (Å²) in [5.41, 5.74) is 0.873. The Kier molecular flexibility index (Phi) is 4.65. The van der Waals surface area contributed by atoms with Crippen molar-refractivity contribution in [1.29, 1.82) is 0 Å². The third kappa shape index (κ3) is 3.72. The van der Waals surface area contributed by atoms with E-state index in [4.69, 9.17) is 0 Å². The fraction of sp³-hybridized carbons (Fsp3) is 0.267. The number of thiophene rings is 1. The van der Waals surface area contributed by atoms with Crippen LogP contribution in [0.2, 0.25) is 0 Å². The van der Waals surface area contributed by atoms with Crippen molar-refractivity contribution in [2.24, 2.45) is 0 Å². The third-order valence-corrected chi connectivity index (χ3v) is 6.30. The molecule has 0 atom stereocenters. The van der Waals surface area contributed by atoms with E-state index in [2.05, 4.69) is 10.0 Å². The van der Waals surface area contributed by atoms with Gasteiger partial charge in [0.25, 0.3) is 15.9 Å². The Hall–Kier alpha value is -1.90. The van der Waals surface area contributed by atoms with E-state index in [1.807, 2.05) is 0 Å². The minimum absolute atomic E-state index is 0.0799. The van der Waals surface area contributed by atoms with Gasteiger partial charge >= 0.3 is 0 Å². The molecule has 3 rings (SSSR count). The molecule has 1 saturated heterocycles. The van der Waals surface area contributed by atoms with E-state index in [1.54, 1.807) is 46.7 Å². The highest BCUT2D eigenvalue weighted by molar-refractivity contribution is 7.94. The molecule has 0 aliphatic carbocycles. The first kappa shape index (κ1) is 16.0. The second kappa shape index (κ2) is 6.69. The summed E-state index contributed by atoms with van der Waals surface area (Å²) in [7, 11) is -3.60. The summed E-state index contributed by atoms with van der Waals surface area (Å²) in [6.07, 6.45) is 0. The van der Waals surface area contributed by atoms with Gasteiger partial charge in [-0.3, -0.25) is 9.52 Å². The van der Waals surface area contributed by atoms with Crippen molar-refractivity contribution in [3.63, 3.8) is 0 Å². The summed E-state index contributed by atoms with van der Waals surface area (Å²) < 4.78 is 27.2. The molecule has 0 spiro atoms. The van der Waals surface area contributed by atoms with Crippen LogP contribution in [-0.4, -0.2) is 45.4 Å². The lowest BCUT2D eigenvalue weighted by atomic mass is 10.1. The average molecular weight is 351 g/mol. The number of piperazine rings is 1. The molecule has 1 aliphatic heterocycles. The maximum absolute atomic E-state index is 12.5. The van der Waals surface area contributed by atoms with Crippen LogP contribution in [0.3, 0.4) is 0 Å². The molecule has 0 bridgehead atoms. The Labute approximate surface area is 139 Å². The first-order chi connectivity index (χ1) is 11.1.